The molecule has 0 N–H and O–H groups in total. The lowest BCUT2D eigenvalue weighted by Crippen LogP contribution is -2.03. The molecule has 0 unspecified atom stereocenters. The summed E-state index contributed by atoms with van der Waals surface area (Å²) >= 11 is 3.39. The maximum Gasteiger partial charge on any atom is 0.338 e. The molecular weight excluding hydrogens is 334 g/mol. The van der Waals surface area contributed by atoms with Gasteiger partial charge in [-0.15, -0.1) is 0 Å². The van der Waals surface area contributed by atoms with E-state index in [1.807, 2.05) is 24.3 Å². The van der Waals surface area contributed by atoms with E-state index in [0.29, 0.717) is 29.2 Å². The van der Waals surface area contributed by atoms with Crippen LogP contribution in [0.1, 0.15) is 17.3 Å². The molecule has 3 rings (SSSR count). The highest BCUT2D eigenvalue weighted by Crippen LogP contribution is 2.26. The summed E-state index contributed by atoms with van der Waals surface area (Å²) in [6.07, 6.45) is 0. The number of ether oxygens (including phenoxy) is 1. The number of halogens is 1. The van der Waals surface area contributed by atoms with Crippen molar-refractivity contribution < 1.29 is 13.9 Å². The van der Waals surface area contributed by atoms with Gasteiger partial charge in [0.1, 0.15) is 5.52 Å². The summed E-state index contributed by atoms with van der Waals surface area (Å²) in [4.78, 5) is 16.1. The second kappa shape index (κ2) is 5.69. The van der Waals surface area contributed by atoms with E-state index in [1.165, 1.54) is 0 Å². The van der Waals surface area contributed by atoms with Crippen LogP contribution in [0.25, 0.3) is 22.6 Å². The van der Waals surface area contributed by atoms with Gasteiger partial charge >= 0.3 is 5.97 Å². The molecule has 1 heterocycles. The molecule has 0 aliphatic carbocycles. The molecule has 1 aromatic heterocycles. The number of hydrogen-bond donors (Lipinski definition) is 0. The van der Waals surface area contributed by atoms with E-state index >= 15 is 0 Å². The van der Waals surface area contributed by atoms with Gasteiger partial charge in [0.2, 0.25) is 5.89 Å². The van der Waals surface area contributed by atoms with Crippen LogP contribution >= 0.6 is 15.9 Å². The van der Waals surface area contributed by atoms with Gasteiger partial charge in [0.25, 0.3) is 0 Å². The molecule has 0 aliphatic heterocycles. The Hall–Kier alpha value is -2.14. The fraction of sp³-hybridized carbons (Fsp3) is 0.125. The molecule has 0 spiro atoms. The van der Waals surface area contributed by atoms with Gasteiger partial charge in [-0.3, -0.25) is 0 Å². The van der Waals surface area contributed by atoms with Crippen LogP contribution in [0.15, 0.2) is 51.4 Å². The van der Waals surface area contributed by atoms with E-state index in [0.717, 1.165) is 10.0 Å². The SMILES string of the molecule is CCOC(=O)c1ccc2nc(-c3ccc(Br)cc3)oc2c1. The molecular formula is C16H12BrNO3. The first kappa shape index (κ1) is 13.8. The summed E-state index contributed by atoms with van der Waals surface area (Å²) in [5, 5.41) is 0. The minimum atomic E-state index is -0.360. The Morgan fingerprint density at radius 2 is 2.00 bits per heavy atom. The number of benzene rings is 2. The first-order chi connectivity index (χ1) is 10.2. The summed E-state index contributed by atoms with van der Waals surface area (Å²) in [6.45, 7) is 2.12. The highest BCUT2D eigenvalue weighted by Gasteiger charge is 2.12. The number of carbonyl (C=O) groups is 1. The van der Waals surface area contributed by atoms with Gasteiger partial charge in [-0.05, 0) is 49.4 Å². The highest BCUT2D eigenvalue weighted by atomic mass is 79.9. The minimum absolute atomic E-state index is 0.345. The average Bonchev–Trinajstić information content (AvgIpc) is 2.91. The zero-order valence-corrected chi connectivity index (χ0v) is 12.9. The molecule has 0 saturated heterocycles. The van der Waals surface area contributed by atoms with Crippen LogP contribution < -0.4 is 0 Å². The van der Waals surface area contributed by atoms with Crippen LogP contribution in [-0.2, 0) is 4.74 Å². The van der Waals surface area contributed by atoms with Crippen molar-refractivity contribution in [2.24, 2.45) is 0 Å². The second-order valence-electron chi connectivity index (χ2n) is 4.43. The monoisotopic (exact) mass is 345 g/mol. The number of carbonyl (C=O) groups excluding carboxylic acids is 1. The number of esters is 1. The number of fused-ring (bicyclic) bond motifs is 1. The summed E-state index contributed by atoms with van der Waals surface area (Å²) in [7, 11) is 0. The summed E-state index contributed by atoms with van der Waals surface area (Å²) in [6, 6.07) is 12.8. The average molecular weight is 346 g/mol. The zero-order valence-electron chi connectivity index (χ0n) is 11.3. The van der Waals surface area contributed by atoms with E-state index in [4.69, 9.17) is 9.15 Å². The third kappa shape index (κ3) is 2.83. The first-order valence-corrected chi connectivity index (χ1v) is 7.30. The maximum atomic E-state index is 11.7. The van der Waals surface area contributed by atoms with Crippen molar-refractivity contribution in [2.45, 2.75) is 6.92 Å². The van der Waals surface area contributed by atoms with Gasteiger partial charge in [-0.2, -0.15) is 0 Å². The van der Waals surface area contributed by atoms with Crippen LogP contribution in [-0.4, -0.2) is 17.6 Å². The molecule has 21 heavy (non-hydrogen) atoms. The van der Waals surface area contributed by atoms with Crippen LogP contribution in [0.3, 0.4) is 0 Å². The second-order valence-corrected chi connectivity index (χ2v) is 5.34. The number of nitrogens with zero attached hydrogens (tertiary/aromatic N) is 1. The predicted octanol–water partition coefficient (Wildman–Crippen LogP) is 4.43. The fourth-order valence-corrected chi connectivity index (χ4v) is 2.25. The van der Waals surface area contributed by atoms with Crippen LogP contribution in [0.5, 0.6) is 0 Å². The Kier molecular flexibility index (Phi) is 3.75. The predicted molar refractivity (Wildman–Crippen MR) is 83.1 cm³/mol. The van der Waals surface area contributed by atoms with Crippen molar-refractivity contribution in [3.05, 3.63) is 52.5 Å². The largest absolute Gasteiger partial charge is 0.462 e. The Morgan fingerprint density at radius 3 is 2.71 bits per heavy atom. The van der Waals surface area contributed by atoms with Gasteiger partial charge in [0.15, 0.2) is 5.58 Å². The lowest BCUT2D eigenvalue weighted by molar-refractivity contribution is 0.0526. The van der Waals surface area contributed by atoms with Crippen LogP contribution in [0, 0.1) is 0 Å². The molecule has 0 atom stereocenters. The van der Waals surface area contributed by atoms with Crippen molar-refractivity contribution in [3.63, 3.8) is 0 Å². The quantitative estimate of drug-likeness (QED) is 0.658. The molecule has 0 radical (unpaired) electrons. The smallest absolute Gasteiger partial charge is 0.338 e. The molecule has 0 amide bonds. The maximum absolute atomic E-state index is 11.7. The Morgan fingerprint density at radius 1 is 1.24 bits per heavy atom. The van der Waals surface area contributed by atoms with E-state index in [1.54, 1.807) is 25.1 Å². The number of oxazole rings is 1. The van der Waals surface area contributed by atoms with Crippen molar-refractivity contribution in [2.75, 3.05) is 6.61 Å². The van der Waals surface area contributed by atoms with Gasteiger partial charge in [0, 0.05) is 10.0 Å². The molecule has 0 aliphatic rings. The Labute approximate surface area is 129 Å². The molecule has 0 bridgehead atoms. The highest BCUT2D eigenvalue weighted by molar-refractivity contribution is 9.10. The van der Waals surface area contributed by atoms with Crippen LogP contribution in [0.4, 0.5) is 0 Å². The van der Waals surface area contributed by atoms with E-state index in [-0.39, 0.29) is 5.97 Å². The Balaban J connectivity index is 2.00. The van der Waals surface area contributed by atoms with Crippen LogP contribution in [0.2, 0.25) is 0 Å². The molecule has 4 nitrogen and oxygen atoms in total. The van der Waals surface area contributed by atoms with Gasteiger partial charge in [-0.1, -0.05) is 15.9 Å². The van der Waals surface area contributed by atoms with E-state index < -0.39 is 0 Å². The lowest BCUT2D eigenvalue weighted by atomic mass is 10.2. The number of aromatic nitrogens is 1. The lowest BCUT2D eigenvalue weighted by Gasteiger charge is -2.00. The molecule has 0 fully saturated rings. The van der Waals surface area contributed by atoms with Crippen molar-refractivity contribution in [1.29, 1.82) is 0 Å². The number of hydrogen-bond acceptors (Lipinski definition) is 4. The summed E-state index contributed by atoms with van der Waals surface area (Å²) < 4.78 is 11.7. The summed E-state index contributed by atoms with van der Waals surface area (Å²) in [5.74, 6) is 0.166. The zero-order chi connectivity index (χ0) is 14.8. The third-order valence-electron chi connectivity index (χ3n) is 2.99. The topological polar surface area (TPSA) is 52.3 Å². The third-order valence-corrected chi connectivity index (χ3v) is 3.52. The standard InChI is InChI=1S/C16H12BrNO3/c1-2-20-16(19)11-5-8-13-14(9-11)21-15(18-13)10-3-6-12(17)7-4-10/h3-9H,2H2,1H3. The van der Waals surface area contributed by atoms with Gasteiger partial charge < -0.3 is 9.15 Å². The molecule has 3 aromatic rings. The van der Waals surface area contributed by atoms with Gasteiger partial charge in [0.05, 0.1) is 12.2 Å². The summed E-state index contributed by atoms with van der Waals surface area (Å²) in [5.41, 5.74) is 2.62. The first-order valence-electron chi connectivity index (χ1n) is 6.51. The normalized spacial score (nSPS) is 10.8. The van der Waals surface area contributed by atoms with Crippen molar-refractivity contribution >= 4 is 33.0 Å². The van der Waals surface area contributed by atoms with Crippen molar-refractivity contribution in [3.8, 4) is 11.5 Å². The van der Waals surface area contributed by atoms with Crippen molar-refractivity contribution in [1.82, 2.24) is 4.98 Å². The minimum Gasteiger partial charge on any atom is -0.462 e. The molecule has 5 heteroatoms. The fourth-order valence-electron chi connectivity index (χ4n) is 1.98. The molecule has 2 aromatic carbocycles. The van der Waals surface area contributed by atoms with Gasteiger partial charge in [-0.25, -0.2) is 9.78 Å². The number of rotatable bonds is 3. The molecule has 0 saturated carbocycles. The Bertz CT molecular complexity index is 793. The van der Waals surface area contributed by atoms with E-state index in [9.17, 15) is 4.79 Å². The van der Waals surface area contributed by atoms with E-state index in [2.05, 4.69) is 20.9 Å². The molecule has 106 valence electrons.